The molecular weight excluding hydrogens is 1020 g/mol. The van der Waals surface area contributed by atoms with Crippen molar-refractivity contribution in [1.29, 1.82) is 0 Å². The van der Waals surface area contributed by atoms with Crippen LogP contribution in [-0.4, -0.2) is 117 Å². The zero-order valence-corrected chi connectivity index (χ0v) is 42.6. The van der Waals surface area contributed by atoms with Crippen molar-refractivity contribution in [3.8, 4) is 28.9 Å². The van der Waals surface area contributed by atoms with Gasteiger partial charge in [0, 0.05) is 87.3 Å². The minimum Gasteiger partial charge on any atom is -0.493 e. The van der Waals surface area contributed by atoms with Gasteiger partial charge in [0.05, 0.1) is 35.5 Å². The Labute approximate surface area is 442 Å². The number of hydrogen-bond acceptors (Lipinski definition) is 13. The van der Waals surface area contributed by atoms with E-state index in [0.29, 0.717) is 71.7 Å². The van der Waals surface area contributed by atoms with Crippen molar-refractivity contribution in [2.75, 3.05) is 45.2 Å². The van der Waals surface area contributed by atoms with Crippen molar-refractivity contribution < 1.29 is 65.3 Å². The predicted octanol–water partition coefficient (Wildman–Crippen LogP) is 7.35. The van der Waals surface area contributed by atoms with Crippen molar-refractivity contribution in [1.82, 2.24) is 34.6 Å². The lowest BCUT2D eigenvalue weighted by atomic mass is 9.71. The molecule has 0 radical (unpaired) electrons. The number of fused-ring (bicyclic) bond motifs is 3. The Balaban J connectivity index is 0.696. The molecule has 4 aromatic carbocycles. The highest BCUT2D eigenvalue weighted by Gasteiger charge is 2.42. The zero-order chi connectivity index (χ0) is 55.2. The zero-order valence-electron chi connectivity index (χ0n) is 42.6. The number of piperidine rings is 3. The van der Waals surface area contributed by atoms with Crippen molar-refractivity contribution in [2.24, 2.45) is 12.5 Å². The maximum Gasteiger partial charge on any atom is 0.573 e. The van der Waals surface area contributed by atoms with E-state index >= 15 is 4.39 Å². The number of likely N-dealkylation sites (tertiary alicyclic amines) is 2. The molecule has 10 rings (SSSR count). The maximum atomic E-state index is 15.6. The summed E-state index contributed by atoms with van der Waals surface area (Å²) in [6.07, 6.45) is 0.559. The SMILES string of the molecule is COc1cc2c(Oc3ccc(NC(=O)c4c(C)n(C)c5ccc(OC(F)(F)F)cc5c4=O)cc3F)ncnc2cc1OCCCC(=O)N1CCC2(CC1)CCN(C(=O)c1ccc3c(c1)CN(C1CCC(=O)NC1=O)C3=O)CC2. The lowest BCUT2D eigenvalue weighted by Crippen LogP contribution is -2.52. The van der Waals surface area contributed by atoms with Gasteiger partial charge in [0.2, 0.25) is 29.0 Å². The second-order valence-corrected chi connectivity index (χ2v) is 19.9. The minimum absolute atomic E-state index is 0.0146. The van der Waals surface area contributed by atoms with Crippen LogP contribution in [0.5, 0.6) is 28.9 Å². The number of nitrogens with zero attached hydrogens (tertiary/aromatic N) is 6. The summed E-state index contributed by atoms with van der Waals surface area (Å²) >= 11 is 0. The van der Waals surface area contributed by atoms with E-state index in [1.807, 2.05) is 9.80 Å². The summed E-state index contributed by atoms with van der Waals surface area (Å²) in [4.78, 5) is 105. The lowest BCUT2D eigenvalue weighted by Gasteiger charge is -2.47. The molecule has 4 aliphatic heterocycles. The standard InChI is InChI=1S/C55H52F4N8O11/c1-30-47(48(70)37-25-34(78-55(57,58)59)8-10-40(37)64(30)2)50(72)62-33-7-12-42(38(56)24-33)77-51-36-26-43(75-3)44(27-39(36)60-29-61-51)76-22-4-5-46(69)65-18-14-54(15-19-65)16-20-66(21-17-54)52(73)31-6-9-35-32(23-31)28-67(53(35)74)41-11-13-45(68)63-49(41)71/h6-10,12,23-27,29,41H,4-5,11,13-22,28H2,1-3H3,(H,62,72)(H,63,68,71). The minimum atomic E-state index is -5.00. The van der Waals surface area contributed by atoms with E-state index < -0.39 is 41.2 Å². The van der Waals surface area contributed by atoms with Gasteiger partial charge >= 0.3 is 6.36 Å². The quantitative estimate of drug-likeness (QED) is 0.0657. The van der Waals surface area contributed by atoms with Crippen LogP contribution in [0.3, 0.4) is 0 Å². The first kappa shape index (κ1) is 52.8. The van der Waals surface area contributed by atoms with Crippen molar-refractivity contribution in [3.05, 3.63) is 117 Å². The Morgan fingerprint density at radius 3 is 2.31 bits per heavy atom. The average Bonchev–Trinajstić information content (AvgIpc) is 3.89. The molecule has 2 N–H and O–H groups in total. The predicted molar refractivity (Wildman–Crippen MR) is 272 cm³/mol. The fourth-order valence-electron chi connectivity index (χ4n) is 10.8. The van der Waals surface area contributed by atoms with Crippen LogP contribution < -0.4 is 35.0 Å². The van der Waals surface area contributed by atoms with Gasteiger partial charge in [-0.1, -0.05) is 0 Å². The molecule has 2 aromatic heterocycles. The molecule has 6 amide bonds. The molecule has 3 saturated heterocycles. The van der Waals surface area contributed by atoms with Crippen molar-refractivity contribution in [2.45, 2.75) is 77.2 Å². The van der Waals surface area contributed by atoms with Crippen LogP contribution in [0.2, 0.25) is 0 Å². The number of amides is 6. The third-order valence-electron chi connectivity index (χ3n) is 15.3. The van der Waals surface area contributed by atoms with Gasteiger partial charge in [-0.15, -0.1) is 13.2 Å². The Bertz CT molecular complexity index is 3510. The topological polar surface area (TPSA) is 221 Å². The van der Waals surface area contributed by atoms with E-state index in [2.05, 4.69) is 25.3 Å². The summed E-state index contributed by atoms with van der Waals surface area (Å²) in [6.45, 7) is 4.22. The second kappa shape index (κ2) is 21.1. The van der Waals surface area contributed by atoms with Gasteiger partial charge in [-0.2, -0.15) is 0 Å². The second-order valence-electron chi connectivity index (χ2n) is 19.9. The number of anilines is 1. The van der Waals surface area contributed by atoms with Gasteiger partial charge in [0.15, 0.2) is 23.1 Å². The molecule has 0 saturated carbocycles. The summed E-state index contributed by atoms with van der Waals surface area (Å²) < 4.78 is 77.4. The molecule has 6 heterocycles. The molecule has 1 atom stereocenters. The molecule has 23 heteroatoms. The molecular formula is C55H52F4N8O11. The highest BCUT2D eigenvalue weighted by molar-refractivity contribution is 6.08. The third kappa shape index (κ3) is 10.6. The first-order valence-corrected chi connectivity index (χ1v) is 25.3. The lowest BCUT2D eigenvalue weighted by molar-refractivity contribution is -0.274. The summed E-state index contributed by atoms with van der Waals surface area (Å²) in [7, 11) is 2.98. The number of halogens is 4. The smallest absolute Gasteiger partial charge is 0.493 e. The van der Waals surface area contributed by atoms with Gasteiger partial charge in [0.1, 0.15) is 23.7 Å². The van der Waals surface area contributed by atoms with Gasteiger partial charge in [-0.05, 0) is 111 Å². The molecule has 0 aliphatic carbocycles. The number of carbonyl (C=O) groups excluding carboxylic acids is 6. The Morgan fingerprint density at radius 1 is 0.859 bits per heavy atom. The number of hydrogen-bond donors (Lipinski definition) is 2. The van der Waals surface area contributed by atoms with Crippen molar-refractivity contribution in [3.63, 3.8) is 0 Å². The molecule has 19 nitrogen and oxygen atoms in total. The number of imide groups is 1. The molecule has 1 unspecified atom stereocenters. The number of aryl methyl sites for hydroxylation is 1. The van der Waals surface area contributed by atoms with Crippen LogP contribution in [0.25, 0.3) is 21.8 Å². The summed E-state index contributed by atoms with van der Waals surface area (Å²) in [5.74, 6) is -3.38. The van der Waals surface area contributed by atoms with E-state index in [-0.39, 0.29) is 101 Å². The van der Waals surface area contributed by atoms with E-state index in [9.17, 15) is 46.7 Å². The molecule has 1 spiro atoms. The number of methoxy groups -OCH3 is 1. The largest absolute Gasteiger partial charge is 0.573 e. The summed E-state index contributed by atoms with van der Waals surface area (Å²) in [5.41, 5.74) is 1.20. The molecule has 0 bridgehead atoms. The number of pyridine rings is 1. The first-order valence-electron chi connectivity index (χ1n) is 25.3. The third-order valence-corrected chi connectivity index (χ3v) is 15.3. The van der Waals surface area contributed by atoms with E-state index in [4.69, 9.17) is 14.2 Å². The van der Waals surface area contributed by atoms with Gasteiger partial charge in [-0.3, -0.25) is 38.9 Å². The Hall–Kier alpha value is -8.63. The fourth-order valence-corrected chi connectivity index (χ4v) is 10.8. The van der Waals surface area contributed by atoms with E-state index in [1.165, 1.54) is 55.1 Å². The molecule has 3 fully saturated rings. The Morgan fingerprint density at radius 2 is 1.60 bits per heavy atom. The van der Waals surface area contributed by atoms with Crippen LogP contribution in [-0.2, 0) is 28.0 Å². The molecule has 78 heavy (non-hydrogen) atoms. The number of alkyl halides is 3. The molecule has 406 valence electrons. The number of rotatable bonds is 13. The number of benzene rings is 4. The van der Waals surface area contributed by atoms with Crippen LogP contribution in [0, 0.1) is 18.2 Å². The maximum absolute atomic E-state index is 15.6. The first-order chi connectivity index (χ1) is 37.3. The number of carbonyl (C=O) groups is 6. The van der Waals surface area contributed by atoms with Crippen molar-refractivity contribution >= 4 is 62.9 Å². The number of ether oxygens (including phenoxy) is 4. The van der Waals surface area contributed by atoms with Gasteiger partial charge in [-0.25, -0.2) is 14.4 Å². The summed E-state index contributed by atoms with van der Waals surface area (Å²) in [6, 6.07) is 14.3. The molecule has 6 aromatic rings. The fraction of sp³-hybridized carbons (Fsp3) is 0.364. The van der Waals surface area contributed by atoms with Gasteiger partial charge in [0.25, 0.3) is 17.7 Å². The monoisotopic (exact) mass is 1080 g/mol. The van der Waals surface area contributed by atoms with E-state index in [1.54, 1.807) is 30.3 Å². The molecule has 4 aliphatic rings. The Kier molecular flexibility index (Phi) is 14.3. The van der Waals surface area contributed by atoms with Crippen LogP contribution in [0.15, 0.2) is 77.9 Å². The highest BCUT2D eigenvalue weighted by Crippen LogP contribution is 2.42. The number of aromatic nitrogens is 3. The normalized spacial score (nSPS) is 17.3. The highest BCUT2D eigenvalue weighted by atomic mass is 19.4. The van der Waals surface area contributed by atoms with Gasteiger partial charge < -0.3 is 43.5 Å². The average molecular weight is 1080 g/mol. The summed E-state index contributed by atoms with van der Waals surface area (Å²) in [5, 5.41) is 4.94. The van der Waals surface area contributed by atoms with E-state index in [0.717, 1.165) is 43.9 Å². The van der Waals surface area contributed by atoms with Crippen LogP contribution in [0.1, 0.15) is 93.7 Å². The van der Waals surface area contributed by atoms with Crippen LogP contribution in [0.4, 0.5) is 23.2 Å². The number of nitrogens with one attached hydrogen (secondary N) is 2. The van der Waals surface area contributed by atoms with Crippen LogP contribution >= 0.6 is 0 Å².